The van der Waals surface area contributed by atoms with E-state index < -0.39 is 0 Å². The third kappa shape index (κ3) is 4.26. The van der Waals surface area contributed by atoms with Gasteiger partial charge in [-0.3, -0.25) is 23.9 Å². The molecule has 1 aliphatic heterocycles. The summed E-state index contributed by atoms with van der Waals surface area (Å²) in [5.41, 5.74) is 1.92. The molecule has 36 heavy (non-hydrogen) atoms. The van der Waals surface area contributed by atoms with Crippen LogP contribution in [0.3, 0.4) is 0 Å². The van der Waals surface area contributed by atoms with Gasteiger partial charge in [-0.2, -0.15) is 0 Å². The van der Waals surface area contributed by atoms with Crippen molar-refractivity contribution in [3.05, 3.63) is 98.0 Å². The maximum atomic E-state index is 13.4. The summed E-state index contributed by atoms with van der Waals surface area (Å²) in [6.45, 7) is 0.405. The quantitative estimate of drug-likeness (QED) is 0.351. The summed E-state index contributed by atoms with van der Waals surface area (Å²) < 4.78 is 7.47. The SMILES string of the molecule is COc1ccc(CCn2c(CCN3C(=O)c4ccccc4C3=O)nc3cc(Br)ccc3c2=O)cc1O. The molecule has 8 nitrogen and oxygen atoms in total. The van der Waals surface area contributed by atoms with Crippen molar-refractivity contribution in [2.45, 2.75) is 19.4 Å². The third-order valence-electron chi connectivity index (χ3n) is 6.30. The van der Waals surface area contributed by atoms with Crippen molar-refractivity contribution in [2.24, 2.45) is 0 Å². The van der Waals surface area contributed by atoms with E-state index in [0.717, 1.165) is 10.0 Å². The molecule has 0 saturated carbocycles. The number of halogens is 1. The molecule has 0 atom stereocenters. The van der Waals surface area contributed by atoms with Crippen LogP contribution in [0.5, 0.6) is 11.5 Å². The summed E-state index contributed by atoms with van der Waals surface area (Å²) in [6, 6.07) is 17.1. The fourth-order valence-corrected chi connectivity index (χ4v) is 4.80. The van der Waals surface area contributed by atoms with Gasteiger partial charge < -0.3 is 9.84 Å². The molecule has 1 aliphatic rings. The monoisotopic (exact) mass is 547 g/mol. The molecule has 4 aromatic rings. The van der Waals surface area contributed by atoms with Crippen molar-refractivity contribution in [1.29, 1.82) is 0 Å². The van der Waals surface area contributed by atoms with Crippen LogP contribution in [0.15, 0.2) is 69.9 Å². The van der Waals surface area contributed by atoms with Gasteiger partial charge >= 0.3 is 0 Å². The lowest BCUT2D eigenvalue weighted by Gasteiger charge is -2.17. The first-order valence-electron chi connectivity index (χ1n) is 11.4. The minimum Gasteiger partial charge on any atom is -0.504 e. The lowest BCUT2D eigenvalue weighted by molar-refractivity contribution is 0.0655. The average molecular weight is 548 g/mol. The van der Waals surface area contributed by atoms with Gasteiger partial charge in [0.05, 0.1) is 29.1 Å². The molecule has 2 heterocycles. The Bertz CT molecular complexity index is 1540. The highest BCUT2D eigenvalue weighted by atomic mass is 79.9. The standard InChI is InChI=1S/C27H22BrN3O5/c1-36-23-9-6-16(14-22(23)32)10-12-30-24(29-21-15-17(28)7-8-20(21)27(30)35)11-13-31-25(33)18-4-2-3-5-19(18)26(31)34/h2-9,14-15,32H,10-13H2,1H3. The second-order valence-corrected chi connectivity index (χ2v) is 9.38. The number of benzene rings is 3. The number of nitrogens with zero attached hydrogens (tertiary/aromatic N) is 3. The third-order valence-corrected chi connectivity index (χ3v) is 6.79. The van der Waals surface area contributed by atoms with E-state index in [-0.39, 0.29) is 36.1 Å². The van der Waals surface area contributed by atoms with E-state index in [2.05, 4.69) is 15.9 Å². The van der Waals surface area contributed by atoms with Crippen LogP contribution in [-0.2, 0) is 19.4 Å². The van der Waals surface area contributed by atoms with Crippen molar-refractivity contribution in [1.82, 2.24) is 14.5 Å². The number of aryl methyl sites for hydroxylation is 1. The largest absolute Gasteiger partial charge is 0.504 e. The zero-order valence-corrected chi connectivity index (χ0v) is 21.0. The number of aromatic hydroxyl groups is 1. The van der Waals surface area contributed by atoms with E-state index in [1.165, 1.54) is 12.0 Å². The highest BCUT2D eigenvalue weighted by molar-refractivity contribution is 9.10. The Hall–Kier alpha value is -3.98. The predicted octanol–water partition coefficient (Wildman–Crippen LogP) is 3.95. The van der Waals surface area contributed by atoms with Crippen molar-refractivity contribution < 1.29 is 19.4 Å². The van der Waals surface area contributed by atoms with E-state index in [4.69, 9.17) is 9.72 Å². The molecule has 0 bridgehead atoms. The van der Waals surface area contributed by atoms with Gasteiger partial charge in [-0.1, -0.05) is 34.1 Å². The minimum atomic E-state index is -0.346. The molecule has 9 heteroatoms. The second kappa shape index (κ2) is 9.58. The van der Waals surface area contributed by atoms with Crippen molar-refractivity contribution in [3.63, 3.8) is 0 Å². The van der Waals surface area contributed by atoms with Gasteiger partial charge in [0.15, 0.2) is 11.5 Å². The zero-order chi connectivity index (χ0) is 25.4. The number of ether oxygens (including phenoxy) is 1. The Morgan fingerprint density at radius 2 is 1.64 bits per heavy atom. The van der Waals surface area contributed by atoms with Crippen LogP contribution in [0, 0.1) is 0 Å². The van der Waals surface area contributed by atoms with Crippen LogP contribution in [0.4, 0.5) is 0 Å². The molecule has 1 N–H and O–H groups in total. The average Bonchev–Trinajstić information content (AvgIpc) is 3.11. The fourth-order valence-electron chi connectivity index (χ4n) is 4.45. The molecule has 0 aliphatic carbocycles. The topological polar surface area (TPSA) is 102 Å². The summed E-state index contributed by atoms with van der Waals surface area (Å²) in [7, 11) is 1.48. The Labute approximate surface area is 214 Å². The molecule has 0 fully saturated rings. The Kier molecular flexibility index (Phi) is 6.32. The van der Waals surface area contributed by atoms with Crippen LogP contribution < -0.4 is 10.3 Å². The molecule has 0 saturated heterocycles. The van der Waals surface area contributed by atoms with Gasteiger partial charge in [-0.15, -0.1) is 0 Å². The van der Waals surface area contributed by atoms with Crippen LogP contribution in [0.1, 0.15) is 32.1 Å². The normalized spacial score (nSPS) is 12.9. The number of carbonyl (C=O) groups excluding carboxylic acids is 2. The smallest absolute Gasteiger partial charge is 0.261 e. The molecular formula is C27H22BrN3O5. The summed E-state index contributed by atoms with van der Waals surface area (Å²) >= 11 is 3.42. The highest BCUT2D eigenvalue weighted by Gasteiger charge is 2.34. The highest BCUT2D eigenvalue weighted by Crippen LogP contribution is 2.27. The van der Waals surface area contributed by atoms with Gasteiger partial charge in [-0.25, -0.2) is 4.98 Å². The number of rotatable bonds is 7. The number of hydrogen-bond donors (Lipinski definition) is 1. The first kappa shape index (κ1) is 23.7. The molecule has 3 aromatic carbocycles. The number of phenolic OH excluding ortho intramolecular Hbond substituents is 1. The Morgan fingerprint density at radius 3 is 2.31 bits per heavy atom. The fraction of sp³-hybridized carbons (Fsp3) is 0.185. The summed E-state index contributed by atoms with van der Waals surface area (Å²) in [5, 5.41) is 10.6. The summed E-state index contributed by atoms with van der Waals surface area (Å²) in [5.74, 6) is 0.175. The van der Waals surface area contributed by atoms with E-state index in [1.54, 1.807) is 59.2 Å². The first-order valence-corrected chi connectivity index (χ1v) is 12.2. The van der Waals surface area contributed by atoms with Crippen LogP contribution in [-0.4, -0.2) is 45.0 Å². The molecule has 0 spiro atoms. The first-order chi connectivity index (χ1) is 17.4. The number of imide groups is 1. The molecule has 0 radical (unpaired) electrons. The van der Waals surface area contributed by atoms with Gasteiger partial charge in [0.1, 0.15) is 5.82 Å². The van der Waals surface area contributed by atoms with Crippen LogP contribution >= 0.6 is 15.9 Å². The molecule has 0 unspecified atom stereocenters. The van der Waals surface area contributed by atoms with Crippen molar-refractivity contribution in [3.8, 4) is 11.5 Å². The van der Waals surface area contributed by atoms with Crippen molar-refractivity contribution >= 4 is 38.6 Å². The van der Waals surface area contributed by atoms with E-state index in [9.17, 15) is 19.5 Å². The summed E-state index contributed by atoms with van der Waals surface area (Å²) in [6.07, 6.45) is 0.679. The number of fused-ring (bicyclic) bond motifs is 2. The van der Waals surface area contributed by atoms with Gasteiger partial charge in [0.2, 0.25) is 0 Å². The van der Waals surface area contributed by atoms with E-state index in [0.29, 0.717) is 46.6 Å². The van der Waals surface area contributed by atoms with Gasteiger partial charge in [0.25, 0.3) is 17.4 Å². The maximum Gasteiger partial charge on any atom is 0.261 e. The molecule has 2 amide bonds. The Morgan fingerprint density at radius 1 is 0.917 bits per heavy atom. The minimum absolute atomic E-state index is 0.0229. The number of aromatic nitrogens is 2. The molecule has 5 rings (SSSR count). The maximum absolute atomic E-state index is 13.4. The van der Waals surface area contributed by atoms with Gasteiger partial charge in [-0.05, 0) is 54.4 Å². The number of methoxy groups -OCH3 is 1. The molecular weight excluding hydrogens is 526 g/mol. The molecule has 182 valence electrons. The van der Waals surface area contributed by atoms with E-state index in [1.807, 2.05) is 6.07 Å². The lowest BCUT2D eigenvalue weighted by atomic mass is 10.1. The lowest BCUT2D eigenvalue weighted by Crippen LogP contribution is -2.34. The predicted molar refractivity (Wildman–Crippen MR) is 138 cm³/mol. The van der Waals surface area contributed by atoms with E-state index >= 15 is 0 Å². The number of phenols is 1. The number of hydrogen-bond acceptors (Lipinski definition) is 6. The number of amides is 2. The van der Waals surface area contributed by atoms with Crippen molar-refractivity contribution in [2.75, 3.05) is 13.7 Å². The van der Waals surface area contributed by atoms with Crippen LogP contribution in [0.2, 0.25) is 0 Å². The van der Waals surface area contributed by atoms with Crippen LogP contribution in [0.25, 0.3) is 10.9 Å². The Balaban J connectivity index is 1.46. The molecule has 1 aromatic heterocycles. The second-order valence-electron chi connectivity index (χ2n) is 8.46. The summed E-state index contributed by atoms with van der Waals surface area (Å²) in [4.78, 5) is 45.0. The van der Waals surface area contributed by atoms with Gasteiger partial charge in [0, 0.05) is 24.0 Å². The number of carbonyl (C=O) groups is 2. The zero-order valence-electron chi connectivity index (χ0n) is 19.4.